The third kappa shape index (κ3) is 4.47. The van der Waals surface area contributed by atoms with Crippen LogP contribution in [0.25, 0.3) is 10.9 Å². The van der Waals surface area contributed by atoms with Crippen LogP contribution in [0.4, 0.5) is 18.9 Å². The molecule has 2 atom stereocenters. The largest absolute Gasteiger partial charge is 0.481 e. The number of benzene rings is 2. The number of rotatable bonds is 5. The molecular formula is C28H32F3N3O2. The Balaban J connectivity index is 1.58. The molecule has 2 aliphatic heterocycles. The standard InChI is InChI=1S/C28H32F3N3O2/c1-16-12-20-19-6-4-5-7-23(19)32-25(20)26(34(16)15-28(2,3)31)24-21(29)13-18(14-22(24)30)33-10-8-17(9-11-33)27(35)36/h4-7,13-14,16-17,26,32H,8-12,15H2,1-3H3,(H,35,36)/t16-,26-/m1/s1. The second-order valence-corrected chi connectivity index (χ2v) is 10.8. The number of alkyl halides is 1. The molecule has 0 spiro atoms. The van der Waals surface area contributed by atoms with E-state index >= 15 is 8.78 Å². The highest BCUT2D eigenvalue weighted by Crippen LogP contribution is 2.44. The number of aromatic nitrogens is 1. The summed E-state index contributed by atoms with van der Waals surface area (Å²) in [6.07, 6.45) is 1.50. The Morgan fingerprint density at radius 1 is 1.14 bits per heavy atom. The minimum atomic E-state index is -1.56. The lowest BCUT2D eigenvalue weighted by molar-refractivity contribution is -0.142. The molecule has 2 aliphatic rings. The van der Waals surface area contributed by atoms with Gasteiger partial charge in [-0.3, -0.25) is 9.69 Å². The number of fused-ring (bicyclic) bond motifs is 3. The summed E-state index contributed by atoms with van der Waals surface area (Å²) in [7, 11) is 0. The number of hydrogen-bond acceptors (Lipinski definition) is 3. The van der Waals surface area contributed by atoms with Gasteiger partial charge in [0.25, 0.3) is 0 Å². The lowest BCUT2D eigenvalue weighted by atomic mass is 9.87. The maximum absolute atomic E-state index is 15.8. The quantitative estimate of drug-likeness (QED) is 0.464. The first-order valence-corrected chi connectivity index (χ1v) is 12.5. The number of aliphatic carboxylic acids is 1. The summed E-state index contributed by atoms with van der Waals surface area (Å²) in [5.74, 6) is -2.64. The minimum absolute atomic E-state index is 0.0248. The summed E-state index contributed by atoms with van der Waals surface area (Å²) >= 11 is 0. The smallest absolute Gasteiger partial charge is 0.306 e. The molecule has 0 unspecified atom stereocenters. The zero-order chi connectivity index (χ0) is 25.8. The van der Waals surface area contributed by atoms with Crippen molar-refractivity contribution in [2.75, 3.05) is 24.5 Å². The highest BCUT2D eigenvalue weighted by Gasteiger charge is 2.41. The van der Waals surface area contributed by atoms with E-state index in [4.69, 9.17) is 0 Å². The topological polar surface area (TPSA) is 59.6 Å². The fourth-order valence-corrected chi connectivity index (χ4v) is 5.90. The number of hydrogen-bond donors (Lipinski definition) is 2. The molecule has 5 rings (SSSR count). The van der Waals surface area contributed by atoms with E-state index < -0.39 is 35.2 Å². The lowest BCUT2D eigenvalue weighted by Gasteiger charge is -2.43. The Bertz CT molecular complexity index is 1270. The van der Waals surface area contributed by atoms with Crippen molar-refractivity contribution in [2.24, 2.45) is 5.92 Å². The number of carboxylic acid groups (broad SMARTS) is 1. The van der Waals surface area contributed by atoms with Gasteiger partial charge in [0.2, 0.25) is 0 Å². The first kappa shape index (κ1) is 24.7. The van der Waals surface area contributed by atoms with E-state index in [-0.39, 0.29) is 18.2 Å². The molecule has 0 amide bonds. The van der Waals surface area contributed by atoms with Gasteiger partial charge >= 0.3 is 5.97 Å². The van der Waals surface area contributed by atoms with Crippen molar-refractivity contribution in [1.29, 1.82) is 0 Å². The predicted molar refractivity (Wildman–Crippen MR) is 134 cm³/mol. The average molecular weight is 500 g/mol. The van der Waals surface area contributed by atoms with Crippen molar-refractivity contribution in [3.05, 3.63) is 64.9 Å². The molecule has 3 heterocycles. The van der Waals surface area contributed by atoms with Crippen molar-refractivity contribution in [3.8, 4) is 0 Å². The number of nitrogens with zero attached hydrogens (tertiary/aromatic N) is 2. The summed E-state index contributed by atoms with van der Waals surface area (Å²) in [6, 6.07) is 9.52. The van der Waals surface area contributed by atoms with Crippen LogP contribution in [-0.4, -0.2) is 52.3 Å². The molecule has 3 aromatic rings. The zero-order valence-electron chi connectivity index (χ0n) is 20.8. The number of carbonyl (C=O) groups is 1. The van der Waals surface area contributed by atoms with Gasteiger partial charge in [-0.1, -0.05) is 18.2 Å². The van der Waals surface area contributed by atoms with Gasteiger partial charge in [-0.15, -0.1) is 0 Å². The molecule has 2 aromatic carbocycles. The number of nitrogens with one attached hydrogen (secondary N) is 1. The van der Waals surface area contributed by atoms with Crippen LogP contribution in [0.5, 0.6) is 0 Å². The Morgan fingerprint density at radius 2 is 1.78 bits per heavy atom. The van der Waals surface area contributed by atoms with Crippen LogP contribution >= 0.6 is 0 Å². The Morgan fingerprint density at radius 3 is 2.39 bits per heavy atom. The molecule has 0 saturated carbocycles. The van der Waals surface area contributed by atoms with Crippen molar-refractivity contribution in [3.63, 3.8) is 0 Å². The van der Waals surface area contributed by atoms with E-state index in [9.17, 15) is 14.3 Å². The van der Waals surface area contributed by atoms with Gasteiger partial charge in [-0.05, 0) is 63.8 Å². The summed E-state index contributed by atoms with van der Waals surface area (Å²) in [6.45, 7) is 5.80. The molecule has 0 radical (unpaired) electrons. The number of aromatic amines is 1. The molecule has 0 bridgehead atoms. The first-order valence-electron chi connectivity index (χ1n) is 12.5. The van der Waals surface area contributed by atoms with Gasteiger partial charge in [-0.2, -0.15) is 0 Å². The van der Waals surface area contributed by atoms with E-state index in [0.29, 0.717) is 43.7 Å². The number of H-pyrrole nitrogens is 1. The van der Waals surface area contributed by atoms with Crippen LogP contribution in [0.1, 0.15) is 56.5 Å². The van der Waals surface area contributed by atoms with Gasteiger partial charge in [0.05, 0.1) is 12.0 Å². The summed E-state index contributed by atoms with van der Waals surface area (Å²) < 4.78 is 46.6. The van der Waals surface area contributed by atoms with Gasteiger partial charge in [-0.25, -0.2) is 13.2 Å². The normalized spacial score (nSPS) is 21.7. The van der Waals surface area contributed by atoms with Crippen molar-refractivity contribution in [1.82, 2.24) is 9.88 Å². The first-order chi connectivity index (χ1) is 17.0. The van der Waals surface area contributed by atoms with E-state index in [0.717, 1.165) is 16.5 Å². The van der Waals surface area contributed by atoms with E-state index in [2.05, 4.69) is 4.98 Å². The number of para-hydroxylation sites is 1. The van der Waals surface area contributed by atoms with Gasteiger partial charge in [0.1, 0.15) is 17.3 Å². The SMILES string of the molecule is C[C@@H]1Cc2c([nH]c3ccccc23)[C@@H](c2c(F)cc(N3CCC(C(=O)O)CC3)cc2F)N1CC(C)(C)F. The summed E-state index contributed by atoms with van der Waals surface area (Å²) in [5.41, 5.74) is 1.34. The number of halogens is 3. The molecule has 5 nitrogen and oxygen atoms in total. The molecule has 192 valence electrons. The monoisotopic (exact) mass is 499 g/mol. The second kappa shape index (κ2) is 9.14. The van der Waals surface area contributed by atoms with Crippen LogP contribution < -0.4 is 4.90 Å². The van der Waals surface area contributed by atoms with Gasteiger partial charge in [0, 0.05) is 53.5 Å². The van der Waals surface area contributed by atoms with Gasteiger partial charge in [0.15, 0.2) is 0 Å². The summed E-state index contributed by atoms with van der Waals surface area (Å²) in [4.78, 5) is 18.3. The van der Waals surface area contributed by atoms with E-state index in [1.807, 2.05) is 41.0 Å². The second-order valence-electron chi connectivity index (χ2n) is 10.8. The molecule has 1 fully saturated rings. The van der Waals surface area contributed by atoms with Crippen molar-refractivity contribution < 1.29 is 23.1 Å². The van der Waals surface area contributed by atoms with Crippen LogP contribution in [0.2, 0.25) is 0 Å². The Hall–Kier alpha value is -3.00. The molecular weight excluding hydrogens is 467 g/mol. The summed E-state index contributed by atoms with van der Waals surface area (Å²) in [5, 5.41) is 10.3. The third-order valence-electron chi connectivity index (χ3n) is 7.62. The van der Waals surface area contributed by atoms with Crippen LogP contribution in [-0.2, 0) is 11.2 Å². The maximum atomic E-state index is 15.8. The highest BCUT2D eigenvalue weighted by atomic mass is 19.1. The molecule has 1 aromatic heterocycles. The van der Waals surface area contributed by atoms with Crippen LogP contribution in [0, 0.1) is 17.6 Å². The maximum Gasteiger partial charge on any atom is 0.306 e. The van der Waals surface area contributed by atoms with Crippen molar-refractivity contribution in [2.45, 2.75) is 57.8 Å². The predicted octanol–water partition coefficient (Wildman–Crippen LogP) is 5.83. The highest BCUT2D eigenvalue weighted by molar-refractivity contribution is 5.85. The van der Waals surface area contributed by atoms with E-state index in [1.165, 1.54) is 26.0 Å². The molecule has 1 saturated heterocycles. The zero-order valence-corrected chi connectivity index (χ0v) is 20.8. The molecule has 0 aliphatic carbocycles. The lowest BCUT2D eigenvalue weighted by Crippen LogP contribution is -2.48. The minimum Gasteiger partial charge on any atom is -0.481 e. The number of piperidine rings is 1. The van der Waals surface area contributed by atoms with Crippen molar-refractivity contribution >= 4 is 22.6 Å². The Labute approximate surface area is 208 Å². The van der Waals surface area contributed by atoms with Crippen LogP contribution in [0.15, 0.2) is 36.4 Å². The Kier molecular flexibility index (Phi) is 6.27. The van der Waals surface area contributed by atoms with E-state index in [1.54, 1.807) is 0 Å². The molecule has 2 N–H and O–H groups in total. The number of carboxylic acids is 1. The fraction of sp³-hybridized carbons (Fsp3) is 0.464. The van der Waals surface area contributed by atoms with Gasteiger partial charge < -0.3 is 15.0 Å². The number of anilines is 1. The van der Waals surface area contributed by atoms with Crippen LogP contribution in [0.3, 0.4) is 0 Å². The average Bonchev–Trinajstić information content (AvgIpc) is 3.17. The molecule has 8 heteroatoms. The molecule has 36 heavy (non-hydrogen) atoms. The fourth-order valence-electron chi connectivity index (χ4n) is 5.90. The third-order valence-corrected chi connectivity index (χ3v) is 7.62.